The van der Waals surface area contributed by atoms with E-state index >= 15 is 0 Å². The topological polar surface area (TPSA) is 105 Å². The van der Waals surface area contributed by atoms with Gasteiger partial charge in [0.2, 0.25) is 0 Å². The van der Waals surface area contributed by atoms with Crippen LogP contribution in [-0.4, -0.2) is 22.0 Å². The Morgan fingerprint density at radius 2 is 2.19 bits per heavy atom. The number of aromatic nitrogens is 1. The number of anilines is 1. The molecule has 8 heteroatoms. The zero-order valence-electron chi connectivity index (χ0n) is 11.0. The molecule has 110 valence electrons. The first-order valence-electron chi connectivity index (χ1n) is 5.93. The number of nitrogens with zero attached hydrogens (tertiary/aromatic N) is 1. The third-order valence-electron chi connectivity index (χ3n) is 2.76. The van der Waals surface area contributed by atoms with E-state index in [0.29, 0.717) is 5.01 Å². The van der Waals surface area contributed by atoms with E-state index in [0.717, 1.165) is 17.4 Å². The van der Waals surface area contributed by atoms with Crippen molar-refractivity contribution in [2.45, 2.75) is 13.0 Å². The lowest BCUT2D eigenvalue weighted by Gasteiger charge is -2.12. The predicted molar refractivity (Wildman–Crippen MR) is 75.8 cm³/mol. The molecule has 1 amide bonds. The summed E-state index contributed by atoms with van der Waals surface area (Å²) in [7, 11) is 0. The molecule has 0 bridgehead atoms. The first kappa shape index (κ1) is 14.9. The molecule has 0 fully saturated rings. The number of aromatic carboxylic acids is 1. The molecule has 1 heterocycles. The summed E-state index contributed by atoms with van der Waals surface area (Å²) in [5, 5.41) is 13.2. The van der Waals surface area contributed by atoms with Crippen molar-refractivity contribution < 1.29 is 19.1 Å². The fraction of sp³-hybridized carbons (Fsp3) is 0.154. The van der Waals surface area contributed by atoms with Crippen molar-refractivity contribution in [1.29, 1.82) is 0 Å². The minimum atomic E-state index is -1.13. The van der Waals surface area contributed by atoms with Gasteiger partial charge < -0.3 is 16.2 Å². The highest BCUT2D eigenvalue weighted by molar-refractivity contribution is 7.09. The molecule has 0 saturated carbocycles. The summed E-state index contributed by atoms with van der Waals surface area (Å²) in [5.74, 6) is -2.35. The predicted octanol–water partition coefficient (Wildman–Crippen LogP) is 2.05. The number of para-hydroxylation sites is 1. The second kappa shape index (κ2) is 5.88. The van der Waals surface area contributed by atoms with Crippen LogP contribution in [0.4, 0.5) is 10.1 Å². The van der Waals surface area contributed by atoms with Gasteiger partial charge in [-0.2, -0.15) is 0 Å². The smallest absolute Gasteiger partial charge is 0.355 e. The number of carboxylic acids is 1. The minimum Gasteiger partial charge on any atom is -0.476 e. The molecule has 1 unspecified atom stereocenters. The van der Waals surface area contributed by atoms with Crippen LogP contribution in [0.2, 0.25) is 0 Å². The first-order valence-corrected chi connectivity index (χ1v) is 6.81. The van der Waals surface area contributed by atoms with Crippen LogP contribution in [0.1, 0.15) is 38.8 Å². The zero-order valence-corrected chi connectivity index (χ0v) is 11.8. The maximum absolute atomic E-state index is 13.3. The Labute approximate surface area is 123 Å². The summed E-state index contributed by atoms with van der Waals surface area (Å²) in [6.07, 6.45) is 0. The second-order valence-electron chi connectivity index (χ2n) is 4.27. The van der Waals surface area contributed by atoms with Gasteiger partial charge in [0.25, 0.3) is 5.91 Å². The van der Waals surface area contributed by atoms with Crippen LogP contribution in [0.15, 0.2) is 23.6 Å². The summed E-state index contributed by atoms with van der Waals surface area (Å²) in [6, 6.07) is 3.44. The number of nitrogens with one attached hydrogen (secondary N) is 1. The first-order chi connectivity index (χ1) is 9.90. The number of benzene rings is 1. The molecule has 2 aromatic rings. The monoisotopic (exact) mass is 309 g/mol. The third-order valence-corrected chi connectivity index (χ3v) is 3.78. The lowest BCUT2D eigenvalue weighted by molar-refractivity contribution is 0.0691. The zero-order chi connectivity index (χ0) is 15.6. The molecular weight excluding hydrogens is 297 g/mol. The third kappa shape index (κ3) is 3.16. The Morgan fingerprint density at radius 3 is 2.81 bits per heavy atom. The van der Waals surface area contributed by atoms with E-state index in [1.165, 1.54) is 17.5 Å². The van der Waals surface area contributed by atoms with Crippen LogP contribution in [0, 0.1) is 5.82 Å². The van der Waals surface area contributed by atoms with Gasteiger partial charge in [-0.3, -0.25) is 4.79 Å². The minimum absolute atomic E-state index is 0.0249. The molecule has 6 nitrogen and oxygen atoms in total. The maximum atomic E-state index is 13.3. The van der Waals surface area contributed by atoms with Gasteiger partial charge in [-0.15, -0.1) is 11.3 Å². The molecule has 2 rings (SSSR count). The maximum Gasteiger partial charge on any atom is 0.355 e. The van der Waals surface area contributed by atoms with Crippen molar-refractivity contribution in [2.75, 3.05) is 5.73 Å². The Kier molecular flexibility index (Phi) is 4.18. The van der Waals surface area contributed by atoms with E-state index in [2.05, 4.69) is 10.3 Å². The van der Waals surface area contributed by atoms with E-state index in [1.54, 1.807) is 6.92 Å². The van der Waals surface area contributed by atoms with E-state index in [9.17, 15) is 14.0 Å². The Bertz CT molecular complexity index is 702. The number of halogens is 1. The van der Waals surface area contributed by atoms with Crippen molar-refractivity contribution in [2.24, 2.45) is 0 Å². The highest BCUT2D eigenvalue weighted by Crippen LogP contribution is 2.20. The Hall–Kier alpha value is -2.48. The quantitative estimate of drug-likeness (QED) is 0.750. The molecule has 4 N–H and O–H groups in total. The van der Waals surface area contributed by atoms with E-state index in [1.807, 2.05) is 0 Å². The average Bonchev–Trinajstić information content (AvgIpc) is 2.91. The number of carboxylic acid groups (broad SMARTS) is 1. The van der Waals surface area contributed by atoms with Crippen molar-refractivity contribution in [1.82, 2.24) is 10.3 Å². The number of rotatable bonds is 4. The van der Waals surface area contributed by atoms with Crippen molar-refractivity contribution in [3.05, 3.63) is 45.7 Å². The number of hydrogen-bond donors (Lipinski definition) is 3. The van der Waals surface area contributed by atoms with Crippen molar-refractivity contribution in [3.63, 3.8) is 0 Å². The molecule has 0 aliphatic rings. The molecule has 1 aromatic carbocycles. The van der Waals surface area contributed by atoms with E-state index in [4.69, 9.17) is 10.8 Å². The van der Waals surface area contributed by atoms with E-state index in [-0.39, 0.29) is 16.9 Å². The number of carbonyl (C=O) groups excluding carboxylic acids is 1. The van der Waals surface area contributed by atoms with Crippen LogP contribution in [0.3, 0.4) is 0 Å². The van der Waals surface area contributed by atoms with Gasteiger partial charge >= 0.3 is 5.97 Å². The Balaban J connectivity index is 2.14. The van der Waals surface area contributed by atoms with Crippen molar-refractivity contribution >= 4 is 28.9 Å². The molecule has 0 radical (unpaired) electrons. The van der Waals surface area contributed by atoms with Crippen molar-refractivity contribution in [3.8, 4) is 0 Å². The number of nitrogens with two attached hydrogens (primary N) is 1. The lowest BCUT2D eigenvalue weighted by atomic mass is 10.1. The number of nitrogen functional groups attached to an aromatic ring is 1. The van der Waals surface area contributed by atoms with Crippen LogP contribution in [0.25, 0.3) is 0 Å². The van der Waals surface area contributed by atoms with Gasteiger partial charge in [-0.1, -0.05) is 6.07 Å². The average molecular weight is 309 g/mol. The summed E-state index contributed by atoms with van der Waals surface area (Å²) >= 11 is 1.12. The SMILES string of the molecule is CC(NC(=O)c1cccc(F)c1N)c1nc(C(=O)O)cs1. The lowest BCUT2D eigenvalue weighted by Crippen LogP contribution is -2.27. The van der Waals surface area contributed by atoms with Crippen LogP contribution in [0.5, 0.6) is 0 Å². The van der Waals surface area contributed by atoms with Crippen LogP contribution < -0.4 is 11.1 Å². The molecule has 0 saturated heterocycles. The number of amides is 1. The fourth-order valence-electron chi connectivity index (χ4n) is 1.66. The molecule has 21 heavy (non-hydrogen) atoms. The Morgan fingerprint density at radius 1 is 1.48 bits per heavy atom. The highest BCUT2D eigenvalue weighted by Gasteiger charge is 2.18. The summed E-state index contributed by atoms with van der Waals surface area (Å²) in [4.78, 5) is 26.7. The molecule has 0 spiro atoms. The van der Waals surface area contributed by atoms with Gasteiger partial charge in [0.1, 0.15) is 10.8 Å². The van der Waals surface area contributed by atoms with Gasteiger partial charge in [0.05, 0.1) is 17.3 Å². The molecule has 0 aliphatic heterocycles. The fourth-order valence-corrected chi connectivity index (χ4v) is 2.46. The normalized spacial score (nSPS) is 11.9. The summed E-state index contributed by atoms with van der Waals surface area (Å²) < 4.78 is 13.3. The highest BCUT2D eigenvalue weighted by atomic mass is 32.1. The van der Waals surface area contributed by atoms with E-state index < -0.39 is 23.7 Å². The number of carbonyl (C=O) groups is 2. The number of hydrogen-bond acceptors (Lipinski definition) is 5. The molecule has 0 aliphatic carbocycles. The second-order valence-corrected chi connectivity index (χ2v) is 5.16. The van der Waals surface area contributed by atoms with Gasteiger partial charge in [0, 0.05) is 5.38 Å². The standard InChI is InChI=1S/C13H12FN3O3S/c1-6(12-17-9(5-21-12)13(19)20)16-11(18)7-3-2-4-8(14)10(7)15/h2-6H,15H2,1H3,(H,16,18)(H,19,20). The summed E-state index contributed by atoms with van der Waals surface area (Å²) in [6.45, 7) is 1.65. The number of thiazole rings is 1. The molecule has 1 atom stereocenters. The van der Waals surface area contributed by atoms with Gasteiger partial charge in [0.15, 0.2) is 5.69 Å². The summed E-state index contributed by atoms with van der Waals surface area (Å²) in [5.41, 5.74) is 5.23. The van der Waals surface area contributed by atoms with Gasteiger partial charge in [-0.25, -0.2) is 14.2 Å². The van der Waals surface area contributed by atoms with Crippen LogP contribution >= 0.6 is 11.3 Å². The van der Waals surface area contributed by atoms with Gasteiger partial charge in [-0.05, 0) is 19.1 Å². The largest absolute Gasteiger partial charge is 0.476 e. The molecular formula is C13H12FN3O3S. The molecule has 1 aromatic heterocycles. The van der Waals surface area contributed by atoms with Crippen LogP contribution in [-0.2, 0) is 0 Å².